The van der Waals surface area contributed by atoms with E-state index in [1.54, 1.807) is 0 Å². The number of benzene rings is 1. The second-order valence-electron chi connectivity index (χ2n) is 3.44. The molecule has 0 bridgehead atoms. The summed E-state index contributed by atoms with van der Waals surface area (Å²) in [5.74, 6) is 0.937. The van der Waals surface area contributed by atoms with Crippen molar-refractivity contribution < 1.29 is 4.42 Å². The molecule has 0 saturated carbocycles. The SMILES string of the molecule is Brc1cccc(CC(Br)c2ccc(Br)o2)c1. The highest BCUT2D eigenvalue weighted by Crippen LogP contribution is 2.30. The lowest BCUT2D eigenvalue weighted by Gasteiger charge is -2.07. The molecule has 0 aliphatic rings. The maximum atomic E-state index is 5.51. The summed E-state index contributed by atoms with van der Waals surface area (Å²) in [5, 5.41) is 0. The van der Waals surface area contributed by atoms with Gasteiger partial charge in [-0.25, -0.2) is 0 Å². The lowest BCUT2D eigenvalue weighted by atomic mass is 10.1. The zero-order valence-electron chi connectivity index (χ0n) is 8.29. The maximum Gasteiger partial charge on any atom is 0.169 e. The molecule has 0 aliphatic heterocycles. The van der Waals surface area contributed by atoms with Crippen LogP contribution in [-0.4, -0.2) is 0 Å². The fourth-order valence-corrected chi connectivity index (χ4v) is 2.85. The number of furan rings is 1. The summed E-state index contributed by atoms with van der Waals surface area (Å²) < 4.78 is 7.37. The molecule has 0 fully saturated rings. The van der Waals surface area contributed by atoms with Crippen molar-refractivity contribution in [3.63, 3.8) is 0 Å². The molecule has 16 heavy (non-hydrogen) atoms. The third-order valence-corrected chi connectivity index (χ3v) is 3.90. The number of hydrogen-bond acceptors (Lipinski definition) is 1. The molecule has 0 saturated heterocycles. The van der Waals surface area contributed by atoms with E-state index in [2.05, 4.69) is 59.9 Å². The van der Waals surface area contributed by atoms with Gasteiger partial charge in [-0.2, -0.15) is 0 Å². The highest BCUT2D eigenvalue weighted by molar-refractivity contribution is 9.10. The Labute approximate surface area is 120 Å². The Balaban J connectivity index is 2.10. The zero-order chi connectivity index (χ0) is 11.5. The third kappa shape index (κ3) is 3.22. The Hall–Kier alpha value is -0.0600. The van der Waals surface area contributed by atoms with Crippen molar-refractivity contribution in [1.82, 2.24) is 0 Å². The lowest BCUT2D eigenvalue weighted by molar-refractivity contribution is 0.486. The second-order valence-corrected chi connectivity index (χ2v) is 6.25. The molecule has 84 valence electrons. The fourth-order valence-electron chi connectivity index (χ4n) is 1.47. The summed E-state index contributed by atoms with van der Waals surface area (Å²) in [6.45, 7) is 0. The van der Waals surface area contributed by atoms with E-state index < -0.39 is 0 Å². The van der Waals surface area contributed by atoms with E-state index in [1.165, 1.54) is 5.56 Å². The summed E-state index contributed by atoms with van der Waals surface area (Å²) >= 11 is 10.4. The van der Waals surface area contributed by atoms with Gasteiger partial charge in [0.2, 0.25) is 0 Å². The average Bonchev–Trinajstić information content (AvgIpc) is 2.65. The predicted octanol–water partition coefficient (Wildman–Crippen LogP) is 5.48. The van der Waals surface area contributed by atoms with Crippen LogP contribution >= 0.6 is 47.8 Å². The molecule has 4 heteroatoms. The summed E-state index contributed by atoms with van der Waals surface area (Å²) in [5.41, 5.74) is 1.27. The minimum absolute atomic E-state index is 0.202. The molecule has 1 aromatic heterocycles. The first-order chi connectivity index (χ1) is 7.65. The van der Waals surface area contributed by atoms with Crippen molar-refractivity contribution in [1.29, 1.82) is 0 Å². The molecular formula is C12H9Br3O. The second kappa shape index (κ2) is 5.52. The van der Waals surface area contributed by atoms with Gasteiger partial charge in [0.1, 0.15) is 5.76 Å². The molecule has 0 radical (unpaired) electrons. The highest BCUT2D eigenvalue weighted by atomic mass is 79.9. The van der Waals surface area contributed by atoms with E-state index in [1.807, 2.05) is 24.3 Å². The van der Waals surface area contributed by atoms with Crippen molar-refractivity contribution in [2.75, 3.05) is 0 Å². The predicted molar refractivity (Wildman–Crippen MR) is 75.9 cm³/mol. The lowest BCUT2D eigenvalue weighted by Crippen LogP contribution is -1.93. The normalized spacial score (nSPS) is 12.7. The van der Waals surface area contributed by atoms with Crippen LogP contribution in [0.4, 0.5) is 0 Å². The molecule has 1 heterocycles. The van der Waals surface area contributed by atoms with Crippen molar-refractivity contribution in [3.05, 3.63) is 56.9 Å². The smallest absolute Gasteiger partial charge is 0.169 e. The first kappa shape index (κ1) is 12.4. The number of alkyl halides is 1. The quantitative estimate of drug-likeness (QED) is 0.612. The molecule has 2 rings (SSSR count). The monoisotopic (exact) mass is 406 g/mol. The average molecular weight is 409 g/mol. The number of hydrogen-bond donors (Lipinski definition) is 0. The Bertz CT molecular complexity index is 479. The van der Waals surface area contributed by atoms with Gasteiger partial charge >= 0.3 is 0 Å². The third-order valence-electron chi connectivity index (χ3n) is 2.21. The van der Waals surface area contributed by atoms with E-state index in [9.17, 15) is 0 Å². The molecule has 1 aromatic carbocycles. The van der Waals surface area contributed by atoms with E-state index in [4.69, 9.17) is 4.42 Å². The van der Waals surface area contributed by atoms with Crippen LogP contribution in [-0.2, 0) is 6.42 Å². The fraction of sp³-hybridized carbons (Fsp3) is 0.167. The zero-order valence-corrected chi connectivity index (χ0v) is 13.0. The van der Waals surface area contributed by atoms with Crippen molar-refractivity contribution in [2.45, 2.75) is 11.2 Å². The van der Waals surface area contributed by atoms with Gasteiger partial charge in [-0.15, -0.1) is 0 Å². The Morgan fingerprint density at radius 2 is 1.94 bits per heavy atom. The Kier molecular flexibility index (Phi) is 4.27. The van der Waals surface area contributed by atoms with Crippen LogP contribution in [0.5, 0.6) is 0 Å². The summed E-state index contributed by atoms with van der Waals surface area (Å²) in [4.78, 5) is 0.202. The van der Waals surface area contributed by atoms with Gasteiger partial charge < -0.3 is 4.42 Å². The molecule has 1 unspecified atom stereocenters. The summed E-state index contributed by atoms with van der Waals surface area (Å²) in [6.07, 6.45) is 0.902. The van der Waals surface area contributed by atoms with Crippen LogP contribution in [0.2, 0.25) is 0 Å². The van der Waals surface area contributed by atoms with Gasteiger partial charge in [-0.1, -0.05) is 44.0 Å². The first-order valence-electron chi connectivity index (χ1n) is 4.79. The van der Waals surface area contributed by atoms with E-state index in [0.29, 0.717) is 0 Å². The molecule has 0 aliphatic carbocycles. The van der Waals surface area contributed by atoms with Crippen LogP contribution in [0, 0.1) is 0 Å². The number of rotatable bonds is 3. The molecule has 0 N–H and O–H groups in total. The molecule has 2 aromatic rings. The largest absolute Gasteiger partial charge is 0.453 e. The number of halogens is 3. The van der Waals surface area contributed by atoms with Gasteiger partial charge in [0.15, 0.2) is 4.67 Å². The molecule has 1 atom stereocenters. The van der Waals surface area contributed by atoms with Gasteiger partial charge in [-0.05, 0) is 52.2 Å². The van der Waals surface area contributed by atoms with Crippen molar-refractivity contribution in [3.8, 4) is 0 Å². The van der Waals surface area contributed by atoms with Crippen LogP contribution in [0.25, 0.3) is 0 Å². The summed E-state index contributed by atoms with van der Waals surface area (Å²) in [6, 6.07) is 12.2. The standard InChI is InChI=1S/C12H9Br3O/c13-9-3-1-2-8(6-9)7-10(14)11-4-5-12(15)16-11/h1-6,10H,7H2. The van der Waals surface area contributed by atoms with Gasteiger partial charge in [0.25, 0.3) is 0 Å². The van der Waals surface area contributed by atoms with E-state index in [-0.39, 0.29) is 4.83 Å². The van der Waals surface area contributed by atoms with Crippen molar-refractivity contribution >= 4 is 47.8 Å². The van der Waals surface area contributed by atoms with Gasteiger partial charge in [0, 0.05) is 4.47 Å². The summed E-state index contributed by atoms with van der Waals surface area (Å²) in [7, 11) is 0. The van der Waals surface area contributed by atoms with Crippen LogP contribution in [0.3, 0.4) is 0 Å². The van der Waals surface area contributed by atoms with E-state index >= 15 is 0 Å². The molecule has 1 nitrogen and oxygen atoms in total. The maximum absolute atomic E-state index is 5.51. The van der Waals surface area contributed by atoms with Crippen LogP contribution < -0.4 is 0 Å². The molecule has 0 amide bonds. The van der Waals surface area contributed by atoms with Crippen LogP contribution in [0.15, 0.2) is 50.0 Å². The Morgan fingerprint density at radius 1 is 1.12 bits per heavy atom. The molecule has 0 spiro atoms. The minimum Gasteiger partial charge on any atom is -0.453 e. The van der Waals surface area contributed by atoms with E-state index in [0.717, 1.165) is 21.3 Å². The van der Waals surface area contributed by atoms with Crippen LogP contribution in [0.1, 0.15) is 16.2 Å². The first-order valence-corrected chi connectivity index (χ1v) is 7.29. The highest BCUT2D eigenvalue weighted by Gasteiger charge is 2.12. The van der Waals surface area contributed by atoms with Crippen molar-refractivity contribution in [2.24, 2.45) is 0 Å². The molecular weight excluding hydrogens is 400 g/mol. The Morgan fingerprint density at radius 3 is 2.56 bits per heavy atom. The van der Waals surface area contributed by atoms with Gasteiger partial charge in [-0.3, -0.25) is 0 Å². The minimum atomic E-state index is 0.202. The topological polar surface area (TPSA) is 13.1 Å². The van der Waals surface area contributed by atoms with Gasteiger partial charge in [0.05, 0.1) is 4.83 Å².